The van der Waals surface area contributed by atoms with E-state index in [2.05, 4.69) is 39.9 Å². The number of Topliss-reactive ketones (excluding diaryl/α,β-unsaturated/α-hetero) is 1. The van der Waals surface area contributed by atoms with Gasteiger partial charge in [0.1, 0.15) is 0 Å². The van der Waals surface area contributed by atoms with Crippen molar-refractivity contribution in [3.05, 3.63) is 45.5 Å². The van der Waals surface area contributed by atoms with E-state index in [0.717, 1.165) is 43.4 Å². The summed E-state index contributed by atoms with van der Waals surface area (Å²) < 4.78 is 0. The molecule has 0 heterocycles. The minimum absolute atomic E-state index is 0.0159. The van der Waals surface area contributed by atoms with Crippen molar-refractivity contribution in [2.24, 2.45) is 16.2 Å². The van der Waals surface area contributed by atoms with E-state index in [-0.39, 0.29) is 32.6 Å². The van der Waals surface area contributed by atoms with Crippen molar-refractivity contribution < 1.29 is 9.72 Å². The fourth-order valence-corrected chi connectivity index (χ4v) is 7.00. The smallest absolute Gasteiger partial charge is 0.269 e. The molecule has 5 heteroatoms. The molecule has 0 saturated heterocycles. The molecule has 0 spiro atoms. The molecule has 3 aliphatic rings. The Bertz CT molecular complexity index is 913. The van der Waals surface area contributed by atoms with Crippen LogP contribution >= 0.6 is 0 Å². The van der Waals surface area contributed by atoms with E-state index in [0.29, 0.717) is 6.42 Å². The summed E-state index contributed by atoms with van der Waals surface area (Å²) in [6, 6.07) is 6.63. The highest BCUT2D eigenvalue weighted by Gasteiger charge is 2.57. The lowest BCUT2D eigenvalue weighted by molar-refractivity contribution is -0.384. The molecule has 0 radical (unpaired) electrons. The molecular formula is C24H32N2O3. The summed E-state index contributed by atoms with van der Waals surface area (Å²) in [5.41, 5.74) is 3.18. The molecule has 2 atom stereocenters. The summed E-state index contributed by atoms with van der Waals surface area (Å²) in [5.74, 6) is 0.283. The second kappa shape index (κ2) is 6.16. The Labute approximate surface area is 173 Å². The lowest BCUT2D eigenvalue weighted by Gasteiger charge is -2.59. The molecule has 5 nitrogen and oxygen atoms in total. The van der Waals surface area contributed by atoms with Gasteiger partial charge in [-0.05, 0) is 60.5 Å². The number of hydrogen-bond acceptors (Lipinski definition) is 4. The molecule has 4 rings (SSSR count). The average Bonchev–Trinajstić information content (AvgIpc) is 2.49. The molecule has 2 unspecified atom stereocenters. The molecule has 0 amide bonds. The second-order valence-electron chi connectivity index (χ2n) is 11.6. The van der Waals surface area contributed by atoms with E-state index in [4.69, 9.17) is 0 Å². The van der Waals surface area contributed by atoms with Crippen LogP contribution in [0.4, 0.5) is 11.4 Å². The lowest BCUT2D eigenvalue weighted by Crippen LogP contribution is -2.58. The molecule has 1 N–H and O–H groups in total. The summed E-state index contributed by atoms with van der Waals surface area (Å²) in [4.78, 5) is 24.1. The zero-order chi connectivity index (χ0) is 21.2. The van der Waals surface area contributed by atoms with Crippen molar-refractivity contribution in [2.45, 2.75) is 78.7 Å². The summed E-state index contributed by atoms with van der Waals surface area (Å²) >= 11 is 0. The highest BCUT2D eigenvalue weighted by atomic mass is 16.6. The predicted molar refractivity (Wildman–Crippen MR) is 115 cm³/mol. The number of nitro groups is 1. The van der Waals surface area contributed by atoms with E-state index in [9.17, 15) is 14.9 Å². The van der Waals surface area contributed by atoms with Crippen LogP contribution in [0.1, 0.15) is 73.1 Å². The summed E-state index contributed by atoms with van der Waals surface area (Å²) in [6.07, 6.45) is 5.56. The Morgan fingerprint density at radius 3 is 2.17 bits per heavy atom. The number of anilines is 1. The molecule has 29 heavy (non-hydrogen) atoms. The van der Waals surface area contributed by atoms with Gasteiger partial charge in [0.25, 0.3) is 5.69 Å². The Balaban J connectivity index is 1.81. The first-order valence-electron chi connectivity index (χ1n) is 10.6. The van der Waals surface area contributed by atoms with Gasteiger partial charge in [-0.15, -0.1) is 0 Å². The number of nitrogens with one attached hydrogen (secondary N) is 1. The third kappa shape index (κ3) is 3.60. The molecule has 2 bridgehead atoms. The third-order valence-electron chi connectivity index (χ3n) is 6.96. The van der Waals surface area contributed by atoms with E-state index < -0.39 is 5.54 Å². The zero-order valence-electron chi connectivity index (χ0n) is 18.2. The van der Waals surface area contributed by atoms with Crippen LogP contribution in [0.25, 0.3) is 0 Å². The largest absolute Gasteiger partial charge is 0.375 e. The van der Waals surface area contributed by atoms with Crippen LogP contribution in [0, 0.1) is 26.4 Å². The van der Waals surface area contributed by atoms with Crippen molar-refractivity contribution in [2.75, 3.05) is 5.32 Å². The van der Waals surface area contributed by atoms with E-state index >= 15 is 0 Å². The van der Waals surface area contributed by atoms with Crippen LogP contribution in [0.3, 0.4) is 0 Å². The molecule has 1 aromatic carbocycles. The Hall–Kier alpha value is -2.17. The number of benzene rings is 1. The maximum absolute atomic E-state index is 13.4. The van der Waals surface area contributed by atoms with Gasteiger partial charge in [0, 0.05) is 29.8 Å². The summed E-state index contributed by atoms with van der Waals surface area (Å²) in [7, 11) is 0. The number of fused-ring (bicyclic) bond motifs is 3. The molecule has 0 aromatic heterocycles. The van der Waals surface area contributed by atoms with Crippen LogP contribution in [-0.4, -0.2) is 16.2 Å². The first-order chi connectivity index (χ1) is 13.3. The van der Waals surface area contributed by atoms with Crippen molar-refractivity contribution >= 4 is 17.2 Å². The minimum Gasteiger partial charge on any atom is -0.375 e. The maximum atomic E-state index is 13.4. The van der Waals surface area contributed by atoms with Gasteiger partial charge in [-0.1, -0.05) is 40.2 Å². The average molecular weight is 397 g/mol. The highest BCUT2D eigenvalue weighted by molar-refractivity contribution is 6.00. The fourth-order valence-electron chi connectivity index (χ4n) is 7.00. The Morgan fingerprint density at radius 1 is 0.897 bits per heavy atom. The van der Waals surface area contributed by atoms with E-state index in [1.807, 2.05) is 0 Å². The van der Waals surface area contributed by atoms with Crippen LogP contribution in [-0.2, 0) is 4.79 Å². The quantitative estimate of drug-likeness (QED) is 0.498. The monoisotopic (exact) mass is 396 g/mol. The topological polar surface area (TPSA) is 72.2 Å². The zero-order valence-corrected chi connectivity index (χ0v) is 18.2. The minimum atomic E-state index is -0.395. The van der Waals surface area contributed by atoms with Crippen LogP contribution in [0.5, 0.6) is 0 Å². The molecule has 1 saturated carbocycles. The number of carbonyl (C=O) groups excluding carboxylic acids is 1. The molecular weight excluding hydrogens is 364 g/mol. The maximum Gasteiger partial charge on any atom is 0.269 e. The van der Waals surface area contributed by atoms with Gasteiger partial charge in [0.05, 0.1) is 10.5 Å². The molecule has 156 valence electrons. The Kier molecular flexibility index (Phi) is 4.28. The number of allylic oxidation sites excluding steroid dienone is 1. The van der Waals surface area contributed by atoms with Crippen LogP contribution in [0.15, 0.2) is 35.4 Å². The standard InChI is InChI=1S/C24H32N2O3/c1-21(2)10-16-11-23(5)13-22(3,4)14-24(15-23,20(16)19(27)12-21)25-17-6-8-18(9-7-17)26(28)29/h6-9,25H,10-15H2,1-5H3. The van der Waals surface area contributed by atoms with Gasteiger partial charge in [-0.25, -0.2) is 0 Å². The first kappa shape index (κ1) is 20.1. The van der Waals surface area contributed by atoms with Gasteiger partial charge in [0.15, 0.2) is 5.78 Å². The van der Waals surface area contributed by atoms with Crippen molar-refractivity contribution in [3.63, 3.8) is 0 Å². The number of nitro benzene ring substituents is 1. The van der Waals surface area contributed by atoms with E-state index in [1.165, 1.54) is 17.7 Å². The van der Waals surface area contributed by atoms with Crippen LogP contribution < -0.4 is 5.32 Å². The van der Waals surface area contributed by atoms with Crippen LogP contribution in [0.2, 0.25) is 0 Å². The van der Waals surface area contributed by atoms with Crippen molar-refractivity contribution in [3.8, 4) is 0 Å². The SMILES string of the molecule is CC1(C)CC(=O)C2=C(C1)CC1(C)CC(C)(C)CC2(Nc2ccc([N+](=O)[O-])cc2)C1. The molecule has 1 fully saturated rings. The van der Waals surface area contributed by atoms with Gasteiger partial charge >= 0.3 is 0 Å². The number of non-ortho nitro benzene ring substituents is 1. The predicted octanol–water partition coefficient (Wildman–Crippen LogP) is 6.05. The summed E-state index contributed by atoms with van der Waals surface area (Å²) in [5, 5.41) is 14.8. The number of carbonyl (C=O) groups is 1. The number of rotatable bonds is 3. The third-order valence-corrected chi connectivity index (χ3v) is 6.96. The van der Waals surface area contributed by atoms with Gasteiger partial charge in [-0.3, -0.25) is 14.9 Å². The number of hydrogen-bond donors (Lipinski definition) is 1. The fraction of sp³-hybridized carbons (Fsp3) is 0.625. The Morgan fingerprint density at radius 2 is 1.55 bits per heavy atom. The highest BCUT2D eigenvalue weighted by Crippen LogP contribution is 2.62. The van der Waals surface area contributed by atoms with Gasteiger partial charge in [0.2, 0.25) is 0 Å². The van der Waals surface area contributed by atoms with Crippen molar-refractivity contribution in [1.82, 2.24) is 0 Å². The van der Waals surface area contributed by atoms with E-state index in [1.54, 1.807) is 12.1 Å². The van der Waals surface area contributed by atoms with Gasteiger partial charge < -0.3 is 5.32 Å². The van der Waals surface area contributed by atoms with Crippen molar-refractivity contribution in [1.29, 1.82) is 0 Å². The summed E-state index contributed by atoms with van der Waals surface area (Å²) in [6.45, 7) is 11.4. The normalized spacial score (nSPS) is 32.5. The second-order valence-corrected chi connectivity index (χ2v) is 11.6. The number of nitrogens with zero attached hydrogens (tertiary/aromatic N) is 1. The first-order valence-corrected chi connectivity index (χ1v) is 10.6. The molecule has 1 aromatic rings. The molecule has 3 aliphatic carbocycles. The molecule has 0 aliphatic heterocycles. The lowest BCUT2D eigenvalue weighted by atomic mass is 9.48. The van der Waals surface area contributed by atoms with Gasteiger partial charge in [-0.2, -0.15) is 0 Å². The number of ketones is 1.